The molecule has 1 aromatic heterocycles. The Kier molecular flexibility index (Phi) is 5.59. The van der Waals surface area contributed by atoms with Crippen LogP contribution in [-0.2, 0) is 20.9 Å². The Morgan fingerprint density at radius 3 is 2.21 bits per heavy atom. The minimum absolute atomic E-state index is 0.0344. The zero-order valence-corrected chi connectivity index (χ0v) is 17.3. The van der Waals surface area contributed by atoms with E-state index in [0.717, 1.165) is 12.3 Å². The third-order valence-electron chi connectivity index (χ3n) is 4.71. The number of halogens is 3. The van der Waals surface area contributed by atoms with E-state index in [0.29, 0.717) is 12.8 Å². The van der Waals surface area contributed by atoms with Gasteiger partial charge in [0.05, 0.1) is 0 Å². The molecule has 2 heterocycles. The molecule has 0 bridgehead atoms. The summed E-state index contributed by atoms with van der Waals surface area (Å²) in [5.74, 6) is -0.202. The molecule has 0 atom stereocenters. The molecule has 162 valence electrons. The standard InChI is InChI=1S/C18H24F3N3O4S/c1-17(2,3)28-16(25)23-6-8-24(9-7-23)29(26,27)14-11-22-15(18(19,20)21)10-13(14)12-4-5-12/h10-12H,4-9H2,1-3H3. The summed E-state index contributed by atoms with van der Waals surface area (Å²) in [4.78, 5) is 16.7. The highest BCUT2D eigenvalue weighted by Gasteiger charge is 2.40. The van der Waals surface area contributed by atoms with Gasteiger partial charge in [-0.25, -0.2) is 13.2 Å². The molecule has 1 saturated carbocycles. The number of hydrogen-bond donors (Lipinski definition) is 0. The zero-order chi connectivity index (χ0) is 21.6. The molecule has 2 fully saturated rings. The van der Waals surface area contributed by atoms with Crippen LogP contribution in [-0.4, -0.2) is 60.5 Å². The summed E-state index contributed by atoms with van der Waals surface area (Å²) in [6.45, 7) is 5.56. The Hall–Kier alpha value is -1.88. The molecule has 1 saturated heterocycles. The number of pyridine rings is 1. The molecular weight excluding hydrogens is 411 g/mol. The maximum Gasteiger partial charge on any atom is 0.433 e. The quantitative estimate of drug-likeness (QED) is 0.728. The molecule has 3 rings (SSSR count). The molecule has 0 radical (unpaired) electrons. The van der Waals surface area contributed by atoms with Gasteiger partial charge in [0.2, 0.25) is 10.0 Å². The van der Waals surface area contributed by atoms with Crippen LogP contribution in [0.3, 0.4) is 0 Å². The first-order valence-corrected chi connectivity index (χ1v) is 10.8. The van der Waals surface area contributed by atoms with Crippen LogP contribution in [0.15, 0.2) is 17.2 Å². The predicted molar refractivity (Wildman–Crippen MR) is 97.8 cm³/mol. The third kappa shape index (κ3) is 5.00. The first-order chi connectivity index (χ1) is 13.3. The van der Waals surface area contributed by atoms with Crippen molar-refractivity contribution in [3.8, 4) is 0 Å². The Balaban J connectivity index is 1.78. The highest BCUT2D eigenvalue weighted by atomic mass is 32.2. The van der Waals surface area contributed by atoms with E-state index in [9.17, 15) is 26.4 Å². The van der Waals surface area contributed by atoms with Crippen LogP contribution < -0.4 is 0 Å². The first-order valence-electron chi connectivity index (χ1n) is 9.34. The van der Waals surface area contributed by atoms with E-state index in [1.165, 1.54) is 9.21 Å². The topological polar surface area (TPSA) is 79.8 Å². The summed E-state index contributed by atoms with van der Waals surface area (Å²) in [6.07, 6.45) is -3.05. The maximum atomic E-state index is 13.1. The van der Waals surface area contributed by atoms with Crippen molar-refractivity contribution in [2.24, 2.45) is 0 Å². The smallest absolute Gasteiger partial charge is 0.433 e. The lowest BCUT2D eigenvalue weighted by Gasteiger charge is -2.35. The van der Waals surface area contributed by atoms with Crippen LogP contribution in [0.4, 0.5) is 18.0 Å². The molecule has 2 aliphatic rings. The lowest BCUT2D eigenvalue weighted by atomic mass is 10.1. The van der Waals surface area contributed by atoms with E-state index in [2.05, 4.69) is 4.98 Å². The number of carbonyl (C=O) groups is 1. The van der Waals surface area contributed by atoms with Gasteiger partial charge < -0.3 is 9.64 Å². The van der Waals surface area contributed by atoms with Crippen molar-refractivity contribution in [1.82, 2.24) is 14.2 Å². The number of alkyl halides is 3. The fourth-order valence-electron chi connectivity index (χ4n) is 3.12. The molecule has 1 aliphatic heterocycles. The highest BCUT2D eigenvalue weighted by molar-refractivity contribution is 7.89. The van der Waals surface area contributed by atoms with Crippen molar-refractivity contribution in [3.05, 3.63) is 23.5 Å². The van der Waals surface area contributed by atoms with E-state index in [4.69, 9.17) is 4.74 Å². The van der Waals surface area contributed by atoms with E-state index < -0.39 is 33.6 Å². The fraction of sp³-hybridized carbons (Fsp3) is 0.667. The van der Waals surface area contributed by atoms with Crippen molar-refractivity contribution in [2.45, 2.75) is 56.2 Å². The van der Waals surface area contributed by atoms with Crippen molar-refractivity contribution in [2.75, 3.05) is 26.2 Å². The minimum Gasteiger partial charge on any atom is -0.444 e. The van der Waals surface area contributed by atoms with Crippen LogP contribution in [0.5, 0.6) is 0 Å². The predicted octanol–water partition coefficient (Wildman–Crippen LogP) is 3.22. The van der Waals surface area contributed by atoms with Gasteiger partial charge >= 0.3 is 12.3 Å². The lowest BCUT2D eigenvalue weighted by molar-refractivity contribution is -0.141. The number of sulfonamides is 1. The summed E-state index contributed by atoms with van der Waals surface area (Å²) < 4.78 is 71.6. The van der Waals surface area contributed by atoms with Crippen LogP contribution >= 0.6 is 0 Å². The molecule has 7 nitrogen and oxygen atoms in total. The number of hydrogen-bond acceptors (Lipinski definition) is 5. The Labute approximate surface area is 167 Å². The van der Waals surface area contributed by atoms with Crippen molar-refractivity contribution in [3.63, 3.8) is 0 Å². The first kappa shape index (κ1) is 21.8. The minimum atomic E-state index is -4.63. The second-order valence-corrected chi connectivity index (χ2v) is 10.2. The van der Waals surface area contributed by atoms with Crippen LogP contribution in [0, 0.1) is 0 Å². The normalized spacial score (nSPS) is 19.3. The van der Waals surface area contributed by atoms with Crippen LogP contribution in [0.25, 0.3) is 0 Å². The average Bonchev–Trinajstić information content (AvgIpc) is 3.44. The van der Waals surface area contributed by atoms with Crippen molar-refractivity contribution < 1.29 is 31.1 Å². The number of nitrogens with zero attached hydrogens (tertiary/aromatic N) is 3. The van der Waals surface area contributed by atoms with Gasteiger partial charge in [-0.1, -0.05) is 0 Å². The Morgan fingerprint density at radius 2 is 1.72 bits per heavy atom. The summed E-state index contributed by atoms with van der Waals surface area (Å²) in [5, 5.41) is 0. The van der Waals surface area contributed by atoms with Gasteiger partial charge in [0.25, 0.3) is 0 Å². The number of piperazine rings is 1. The van der Waals surface area contributed by atoms with E-state index in [1.54, 1.807) is 20.8 Å². The largest absolute Gasteiger partial charge is 0.444 e. The fourth-order valence-corrected chi connectivity index (χ4v) is 4.75. The van der Waals surface area contributed by atoms with Crippen molar-refractivity contribution in [1.29, 1.82) is 0 Å². The Bertz CT molecular complexity index is 885. The molecule has 1 aliphatic carbocycles. The van der Waals surface area contributed by atoms with E-state index in [1.807, 2.05) is 0 Å². The van der Waals surface area contributed by atoms with Gasteiger partial charge in [0.1, 0.15) is 16.2 Å². The van der Waals surface area contributed by atoms with Gasteiger partial charge in [-0.2, -0.15) is 17.5 Å². The molecular formula is C18H24F3N3O4S. The maximum absolute atomic E-state index is 13.1. The number of carbonyl (C=O) groups excluding carboxylic acids is 1. The third-order valence-corrected chi connectivity index (χ3v) is 6.66. The van der Waals surface area contributed by atoms with Crippen LogP contribution in [0.1, 0.15) is 50.8 Å². The molecule has 1 aromatic rings. The highest BCUT2D eigenvalue weighted by Crippen LogP contribution is 2.44. The summed E-state index contributed by atoms with van der Waals surface area (Å²) in [7, 11) is -4.02. The molecule has 0 aromatic carbocycles. The van der Waals surface area contributed by atoms with Gasteiger partial charge in [0.15, 0.2) is 0 Å². The second-order valence-electron chi connectivity index (χ2n) is 8.25. The summed E-state index contributed by atoms with van der Waals surface area (Å²) >= 11 is 0. The molecule has 11 heteroatoms. The van der Waals surface area contributed by atoms with Gasteiger partial charge in [0, 0.05) is 32.4 Å². The molecule has 29 heavy (non-hydrogen) atoms. The molecule has 0 spiro atoms. The molecule has 1 amide bonds. The van der Waals surface area contributed by atoms with Gasteiger partial charge in [-0.3, -0.25) is 4.98 Å². The number of ether oxygens (including phenoxy) is 1. The van der Waals surface area contributed by atoms with Crippen LogP contribution in [0.2, 0.25) is 0 Å². The van der Waals surface area contributed by atoms with E-state index >= 15 is 0 Å². The second kappa shape index (κ2) is 7.42. The molecule has 0 unspecified atom stereocenters. The number of rotatable bonds is 3. The summed E-state index contributed by atoms with van der Waals surface area (Å²) in [5.41, 5.74) is -1.58. The zero-order valence-electron chi connectivity index (χ0n) is 16.5. The average molecular weight is 435 g/mol. The Morgan fingerprint density at radius 1 is 1.14 bits per heavy atom. The SMILES string of the molecule is CC(C)(C)OC(=O)N1CCN(S(=O)(=O)c2cnc(C(F)(F)F)cc2C2CC2)CC1. The summed E-state index contributed by atoms with van der Waals surface area (Å²) in [6, 6.07) is 0.849. The lowest BCUT2D eigenvalue weighted by Crippen LogP contribution is -2.51. The van der Waals surface area contributed by atoms with Gasteiger partial charge in [-0.05, 0) is 51.2 Å². The number of amides is 1. The van der Waals surface area contributed by atoms with Gasteiger partial charge in [-0.15, -0.1) is 0 Å². The van der Waals surface area contributed by atoms with Crippen molar-refractivity contribution >= 4 is 16.1 Å². The number of aromatic nitrogens is 1. The van der Waals surface area contributed by atoms with E-state index in [-0.39, 0.29) is 42.6 Å². The monoisotopic (exact) mass is 435 g/mol. The molecule has 0 N–H and O–H groups in total.